The molecule has 0 amide bonds. The summed E-state index contributed by atoms with van der Waals surface area (Å²) >= 11 is 0. The molecule has 0 unspecified atom stereocenters. The van der Waals surface area contributed by atoms with Crippen molar-refractivity contribution in [3.8, 4) is 0 Å². The van der Waals surface area contributed by atoms with Gasteiger partial charge in [0.1, 0.15) is 0 Å². The Morgan fingerprint density at radius 1 is 1.00 bits per heavy atom. The summed E-state index contributed by atoms with van der Waals surface area (Å²) in [7, 11) is 0. The Balaban J connectivity index is 2.39. The van der Waals surface area contributed by atoms with Crippen LogP contribution in [0.3, 0.4) is 0 Å². The Morgan fingerprint density at radius 2 is 1.69 bits per heavy atom. The maximum Gasteiger partial charge on any atom is -0.00889 e. The standard InChI is InChI=1S/C13H14/c1-11-5-4-8-12-6-2-3-7-13(12)10-9-11/h2-7,9H,8,10H2,1H3/b5-4-,11-9-. The quantitative estimate of drug-likeness (QED) is 0.560. The van der Waals surface area contributed by atoms with Crippen molar-refractivity contribution in [2.75, 3.05) is 0 Å². The number of fused-ring (bicyclic) bond motifs is 1. The van der Waals surface area contributed by atoms with Crippen molar-refractivity contribution in [3.63, 3.8) is 0 Å². The number of hydrogen-bond donors (Lipinski definition) is 0. The van der Waals surface area contributed by atoms with Crippen LogP contribution in [0, 0.1) is 0 Å². The third-order valence-corrected chi connectivity index (χ3v) is 2.48. The van der Waals surface area contributed by atoms with Crippen molar-refractivity contribution >= 4 is 0 Å². The lowest BCUT2D eigenvalue weighted by Gasteiger charge is -2.07. The Hall–Kier alpha value is -1.30. The molecule has 0 atom stereocenters. The van der Waals surface area contributed by atoms with Crippen molar-refractivity contribution < 1.29 is 0 Å². The molecule has 0 heterocycles. The SMILES string of the molecule is CC1=C/Cc2ccccc2C/C=C\1. The summed E-state index contributed by atoms with van der Waals surface area (Å²) in [6.07, 6.45) is 8.88. The van der Waals surface area contributed by atoms with Gasteiger partial charge < -0.3 is 0 Å². The predicted molar refractivity (Wildman–Crippen MR) is 56.7 cm³/mol. The minimum atomic E-state index is 1.07. The van der Waals surface area contributed by atoms with E-state index in [1.165, 1.54) is 16.7 Å². The lowest BCUT2D eigenvalue weighted by atomic mass is 9.98. The molecule has 0 bridgehead atoms. The van der Waals surface area contributed by atoms with Gasteiger partial charge in [-0.05, 0) is 30.9 Å². The molecule has 0 heteroatoms. The van der Waals surface area contributed by atoms with E-state index in [-0.39, 0.29) is 0 Å². The van der Waals surface area contributed by atoms with Crippen LogP contribution in [0.15, 0.2) is 48.1 Å². The molecule has 66 valence electrons. The minimum absolute atomic E-state index is 1.07. The molecule has 0 aliphatic heterocycles. The molecule has 1 aliphatic rings. The molecule has 0 fully saturated rings. The summed E-state index contributed by atoms with van der Waals surface area (Å²) in [6.45, 7) is 2.16. The number of benzene rings is 1. The first kappa shape index (κ1) is 8.31. The Kier molecular flexibility index (Phi) is 2.31. The second-order valence-corrected chi connectivity index (χ2v) is 3.53. The van der Waals surface area contributed by atoms with E-state index < -0.39 is 0 Å². The Bertz CT molecular complexity index is 356. The number of rotatable bonds is 0. The van der Waals surface area contributed by atoms with E-state index in [0.29, 0.717) is 0 Å². The molecule has 0 radical (unpaired) electrons. The first-order chi connectivity index (χ1) is 6.36. The summed E-state index contributed by atoms with van der Waals surface area (Å²) in [5, 5.41) is 0. The highest BCUT2D eigenvalue weighted by molar-refractivity contribution is 5.34. The lowest BCUT2D eigenvalue weighted by Crippen LogP contribution is -1.93. The summed E-state index contributed by atoms with van der Waals surface area (Å²) < 4.78 is 0. The molecule has 1 aromatic rings. The first-order valence-electron chi connectivity index (χ1n) is 4.76. The summed E-state index contributed by atoms with van der Waals surface area (Å²) in [5.41, 5.74) is 4.29. The van der Waals surface area contributed by atoms with Gasteiger partial charge in [-0.1, -0.05) is 48.1 Å². The van der Waals surface area contributed by atoms with Gasteiger partial charge in [0, 0.05) is 0 Å². The Morgan fingerprint density at radius 3 is 2.46 bits per heavy atom. The van der Waals surface area contributed by atoms with Gasteiger partial charge in [-0.2, -0.15) is 0 Å². The van der Waals surface area contributed by atoms with Crippen molar-refractivity contribution in [1.29, 1.82) is 0 Å². The van der Waals surface area contributed by atoms with E-state index in [9.17, 15) is 0 Å². The van der Waals surface area contributed by atoms with E-state index in [0.717, 1.165) is 12.8 Å². The van der Waals surface area contributed by atoms with Crippen LogP contribution >= 0.6 is 0 Å². The third kappa shape index (κ3) is 1.89. The lowest BCUT2D eigenvalue weighted by molar-refractivity contribution is 1.12. The van der Waals surface area contributed by atoms with Crippen LogP contribution < -0.4 is 0 Å². The molecule has 2 rings (SSSR count). The normalized spacial score (nSPS) is 22.1. The van der Waals surface area contributed by atoms with E-state index in [4.69, 9.17) is 0 Å². The van der Waals surface area contributed by atoms with Gasteiger partial charge in [-0.3, -0.25) is 0 Å². The molecule has 0 aromatic heterocycles. The molecule has 1 aliphatic carbocycles. The van der Waals surface area contributed by atoms with E-state index in [1.807, 2.05) is 0 Å². The summed E-state index contributed by atoms with van der Waals surface area (Å²) in [4.78, 5) is 0. The van der Waals surface area contributed by atoms with Crippen molar-refractivity contribution in [1.82, 2.24) is 0 Å². The minimum Gasteiger partial charge on any atom is -0.0799 e. The van der Waals surface area contributed by atoms with Gasteiger partial charge in [-0.15, -0.1) is 0 Å². The molecule has 0 nitrogen and oxygen atoms in total. The highest BCUT2D eigenvalue weighted by Gasteiger charge is 2.00. The van der Waals surface area contributed by atoms with Crippen molar-refractivity contribution in [2.45, 2.75) is 19.8 Å². The van der Waals surface area contributed by atoms with Crippen LogP contribution in [0.5, 0.6) is 0 Å². The maximum atomic E-state index is 2.29. The van der Waals surface area contributed by atoms with E-state index in [1.54, 1.807) is 0 Å². The average Bonchev–Trinajstić information content (AvgIpc) is 2.13. The molecule has 0 saturated carbocycles. The monoisotopic (exact) mass is 170 g/mol. The molecule has 1 aromatic carbocycles. The molecule has 0 spiro atoms. The molecular weight excluding hydrogens is 156 g/mol. The van der Waals surface area contributed by atoms with Crippen LogP contribution in [0.2, 0.25) is 0 Å². The fourth-order valence-corrected chi connectivity index (χ4v) is 1.67. The van der Waals surface area contributed by atoms with E-state index >= 15 is 0 Å². The highest BCUT2D eigenvalue weighted by Crippen LogP contribution is 2.15. The fourth-order valence-electron chi connectivity index (χ4n) is 1.67. The van der Waals surface area contributed by atoms with Gasteiger partial charge in [-0.25, -0.2) is 0 Å². The highest BCUT2D eigenvalue weighted by atomic mass is 14.1. The van der Waals surface area contributed by atoms with Gasteiger partial charge in [0.2, 0.25) is 0 Å². The molecule has 0 N–H and O–H groups in total. The topological polar surface area (TPSA) is 0 Å². The van der Waals surface area contributed by atoms with Crippen LogP contribution in [0.1, 0.15) is 18.1 Å². The average molecular weight is 170 g/mol. The smallest absolute Gasteiger partial charge is 0.00889 e. The van der Waals surface area contributed by atoms with Crippen LogP contribution in [0.4, 0.5) is 0 Å². The van der Waals surface area contributed by atoms with Crippen LogP contribution in [0.25, 0.3) is 0 Å². The second-order valence-electron chi connectivity index (χ2n) is 3.53. The van der Waals surface area contributed by atoms with Gasteiger partial charge in [0.05, 0.1) is 0 Å². The summed E-state index contributed by atoms with van der Waals surface area (Å²) in [5.74, 6) is 0. The molecular formula is C13H14. The molecule has 13 heavy (non-hydrogen) atoms. The van der Waals surface area contributed by atoms with Crippen molar-refractivity contribution in [3.05, 3.63) is 59.2 Å². The second kappa shape index (κ2) is 3.61. The zero-order valence-corrected chi connectivity index (χ0v) is 7.96. The van der Waals surface area contributed by atoms with Crippen LogP contribution in [-0.4, -0.2) is 0 Å². The summed E-state index contributed by atoms with van der Waals surface area (Å²) in [6, 6.07) is 8.67. The predicted octanol–water partition coefficient (Wildman–Crippen LogP) is 3.29. The van der Waals surface area contributed by atoms with Crippen LogP contribution in [-0.2, 0) is 12.8 Å². The van der Waals surface area contributed by atoms with E-state index in [2.05, 4.69) is 49.4 Å². The van der Waals surface area contributed by atoms with Gasteiger partial charge in [0.15, 0.2) is 0 Å². The molecule has 0 saturated heterocycles. The third-order valence-electron chi connectivity index (χ3n) is 2.48. The van der Waals surface area contributed by atoms with Gasteiger partial charge >= 0.3 is 0 Å². The maximum absolute atomic E-state index is 2.29. The largest absolute Gasteiger partial charge is 0.0799 e. The number of hydrogen-bond acceptors (Lipinski definition) is 0. The fraction of sp³-hybridized carbons (Fsp3) is 0.231. The number of allylic oxidation sites excluding steroid dienone is 4. The Labute approximate surface area is 79.6 Å². The van der Waals surface area contributed by atoms with Gasteiger partial charge in [0.25, 0.3) is 0 Å². The van der Waals surface area contributed by atoms with Crippen molar-refractivity contribution in [2.24, 2.45) is 0 Å². The zero-order chi connectivity index (χ0) is 9.10. The zero-order valence-electron chi connectivity index (χ0n) is 7.96. The first-order valence-corrected chi connectivity index (χ1v) is 4.76.